The summed E-state index contributed by atoms with van der Waals surface area (Å²) in [5.41, 5.74) is 2.88. The highest BCUT2D eigenvalue weighted by molar-refractivity contribution is 5.94. The predicted octanol–water partition coefficient (Wildman–Crippen LogP) is -0.324. The molecule has 13 heavy (non-hydrogen) atoms. The molecule has 0 aromatic heterocycles. The van der Waals surface area contributed by atoms with E-state index in [1.54, 1.807) is 6.92 Å². The lowest BCUT2D eigenvalue weighted by Crippen LogP contribution is -2.38. The van der Waals surface area contributed by atoms with E-state index in [9.17, 15) is 9.59 Å². The van der Waals surface area contributed by atoms with Gasteiger partial charge in [0, 0.05) is 13.1 Å². The van der Waals surface area contributed by atoms with Crippen LogP contribution in [0.25, 0.3) is 0 Å². The molecule has 0 spiro atoms. The first-order valence-electron chi connectivity index (χ1n) is 4.43. The molecule has 1 heterocycles. The molecule has 5 nitrogen and oxygen atoms in total. The number of hydrogen-bond donors (Lipinski definition) is 1. The van der Waals surface area contributed by atoms with Crippen molar-refractivity contribution in [2.24, 2.45) is 0 Å². The van der Waals surface area contributed by atoms with Crippen molar-refractivity contribution in [1.82, 2.24) is 10.4 Å². The average Bonchev–Trinajstić information content (AvgIpc) is 2.55. The second kappa shape index (κ2) is 4.81. The van der Waals surface area contributed by atoms with E-state index < -0.39 is 5.97 Å². The molecule has 1 aliphatic heterocycles. The highest BCUT2D eigenvalue weighted by atomic mass is 16.5. The molecule has 0 unspecified atom stereocenters. The van der Waals surface area contributed by atoms with Gasteiger partial charge in [0.2, 0.25) is 5.91 Å². The van der Waals surface area contributed by atoms with Crippen LogP contribution in [0.5, 0.6) is 0 Å². The van der Waals surface area contributed by atoms with Crippen LogP contribution >= 0.6 is 0 Å². The second-order valence-electron chi connectivity index (χ2n) is 2.79. The SMILES string of the molecule is CCOC(=O)CC(=O)N1CCCN1. The fourth-order valence-corrected chi connectivity index (χ4v) is 1.17. The summed E-state index contributed by atoms with van der Waals surface area (Å²) >= 11 is 0. The smallest absolute Gasteiger partial charge is 0.315 e. The molecule has 74 valence electrons. The predicted molar refractivity (Wildman–Crippen MR) is 45.6 cm³/mol. The summed E-state index contributed by atoms with van der Waals surface area (Å²) < 4.78 is 4.66. The van der Waals surface area contributed by atoms with E-state index in [-0.39, 0.29) is 12.3 Å². The van der Waals surface area contributed by atoms with Crippen molar-refractivity contribution in [3.63, 3.8) is 0 Å². The maximum atomic E-state index is 11.3. The number of nitrogens with one attached hydrogen (secondary N) is 1. The second-order valence-corrected chi connectivity index (χ2v) is 2.79. The number of hydrazine groups is 1. The van der Waals surface area contributed by atoms with Crippen LogP contribution in [0.15, 0.2) is 0 Å². The maximum absolute atomic E-state index is 11.3. The number of carbonyl (C=O) groups is 2. The quantitative estimate of drug-likeness (QED) is 0.484. The van der Waals surface area contributed by atoms with Crippen molar-refractivity contribution < 1.29 is 14.3 Å². The Bertz CT molecular complexity index is 200. The minimum absolute atomic E-state index is 0.166. The van der Waals surface area contributed by atoms with Gasteiger partial charge >= 0.3 is 5.97 Å². The lowest BCUT2D eigenvalue weighted by Gasteiger charge is -2.14. The van der Waals surface area contributed by atoms with E-state index in [2.05, 4.69) is 10.2 Å². The molecule has 1 fully saturated rings. The summed E-state index contributed by atoms with van der Waals surface area (Å²) in [4.78, 5) is 22.2. The zero-order valence-corrected chi connectivity index (χ0v) is 7.71. The molecule has 0 saturated carbocycles. The maximum Gasteiger partial charge on any atom is 0.315 e. The van der Waals surface area contributed by atoms with E-state index >= 15 is 0 Å². The molecule has 1 N–H and O–H groups in total. The molecule has 0 aromatic carbocycles. The van der Waals surface area contributed by atoms with Gasteiger partial charge in [-0.3, -0.25) is 14.6 Å². The Morgan fingerprint density at radius 2 is 2.31 bits per heavy atom. The molecule has 1 saturated heterocycles. The van der Waals surface area contributed by atoms with Gasteiger partial charge < -0.3 is 4.74 Å². The largest absolute Gasteiger partial charge is 0.466 e. The lowest BCUT2D eigenvalue weighted by atomic mass is 10.4. The van der Waals surface area contributed by atoms with Gasteiger partial charge in [-0.25, -0.2) is 5.43 Å². The van der Waals surface area contributed by atoms with Crippen LogP contribution in [0.2, 0.25) is 0 Å². The molecule has 1 amide bonds. The summed E-state index contributed by atoms with van der Waals surface area (Å²) in [6.45, 7) is 3.52. The molecular formula is C8H14N2O3. The zero-order chi connectivity index (χ0) is 9.68. The van der Waals surface area contributed by atoms with Crippen LogP contribution in [0, 0.1) is 0 Å². The Morgan fingerprint density at radius 1 is 1.54 bits per heavy atom. The number of hydrogen-bond acceptors (Lipinski definition) is 4. The molecule has 0 radical (unpaired) electrons. The third kappa shape index (κ3) is 3.02. The molecular weight excluding hydrogens is 172 g/mol. The number of carbonyl (C=O) groups excluding carboxylic acids is 2. The molecule has 1 rings (SSSR count). The normalized spacial score (nSPS) is 15.9. The van der Waals surface area contributed by atoms with Gasteiger partial charge in [-0.05, 0) is 13.3 Å². The highest BCUT2D eigenvalue weighted by Crippen LogP contribution is 2.00. The highest BCUT2D eigenvalue weighted by Gasteiger charge is 2.20. The van der Waals surface area contributed by atoms with Crippen LogP contribution in [0.4, 0.5) is 0 Å². The van der Waals surface area contributed by atoms with Gasteiger partial charge in [0.15, 0.2) is 0 Å². The Labute approximate surface area is 77.0 Å². The van der Waals surface area contributed by atoms with E-state index in [0.29, 0.717) is 13.2 Å². The van der Waals surface area contributed by atoms with Crippen LogP contribution in [-0.4, -0.2) is 36.6 Å². The average molecular weight is 186 g/mol. The molecule has 0 aliphatic carbocycles. The third-order valence-corrected chi connectivity index (χ3v) is 1.76. The first-order chi connectivity index (χ1) is 6.24. The summed E-state index contributed by atoms with van der Waals surface area (Å²) in [5, 5.41) is 1.47. The summed E-state index contributed by atoms with van der Waals surface area (Å²) in [6, 6.07) is 0. The van der Waals surface area contributed by atoms with Gasteiger partial charge in [-0.2, -0.15) is 0 Å². The lowest BCUT2D eigenvalue weighted by molar-refractivity contribution is -0.149. The standard InChI is InChI=1S/C8H14N2O3/c1-2-13-8(12)6-7(11)10-5-3-4-9-10/h9H,2-6H2,1H3. The number of esters is 1. The Kier molecular flexibility index (Phi) is 3.70. The number of ether oxygens (including phenoxy) is 1. The van der Waals surface area contributed by atoms with Crippen molar-refractivity contribution in [2.45, 2.75) is 19.8 Å². The Hall–Kier alpha value is -1.10. The fourth-order valence-electron chi connectivity index (χ4n) is 1.17. The minimum atomic E-state index is -0.457. The zero-order valence-electron chi connectivity index (χ0n) is 7.71. The van der Waals surface area contributed by atoms with Gasteiger partial charge in [0.05, 0.1) is 6.61 Å². The van der Waals surface area contributed by atoms with Crippen LogP contribution in [0.3, 0.4) is 0 Å². The number of amides is 1. The van der Waals surface area contributed by atoms with Gasteiger partial charge in [0.25, 0.3) is 0 Å². The van der Waals surface area contributed by atoms with Crippen LogP contribution < -0.4 is 5.43 Å². The summed E-state index contributed by atoms with van der Waals surface area (Å²) in [7, 11) is 0. The van der Waals surface area contributed by atoms with E-state index in [0.717, 1.165) is 13.0 Å². The topological polar surface area (TPSA) is 58.6 Å². The van der Waals surface area contributed by atoms with Crippen molar-refractivity contribution in [1.29, 1.82) is 0 Å². The monoisotopic (exact) mass is 186 g/mol. The summed E-state index contributed by atoms with van der Waals surface area (Å²) in [5.74, 6) is -0.669. The summed E-state index contributed by atoms with van der Waals surface area (Å²) in [6.07, 6.45) is 0.773. The van der Waals surface area contributed by atoms with Gasteiger partial charge in [-0.1, -0.05) is 0 Å². The minimum Gasteiger partial charge on any atom is -0.466 e. The van der Waals surface area contributed by atoms with E-state index in [1.807, 2.05) is 0 Å². The third-order valence-electron chi connectivity index (χ3n) is 1.76. The van der Waals surface area contributed by atoms with Gasteiger partial charge in [0.1, 0.15) is 6.42 Å². The first kappa shape index (κ1) is 9.98. The molecule has 5 heteroatoms. The van der Waals surface area contributed by atoms with Crippen molar-refractivity contribution in [3.8, 4) is 0 Å². The molecule has 1 aliphatic rings. The Morgan fingerprint density at radius 3 is 2.85 bits per heavy atom. The Balaban J connectivity index is 2.27. The van der Waals surface area contributed by atoms with Crippen molar-refractivity contribution >= 4 is 11.9 Å². The van der Waals surface area contributed by atoms with Crippen LogP contribution in [0.1, 0.15) is 19.8 Å². The number of nitrogens with zero attached hydrogens (tertiary/aromatic N) is 1. The molecule has 0 bridgehead atoms. The van der Waals surface area contributed by atoms with Crippen LogP contribution in [-0.2, 0) is 14.3 Å². The van der Waals surface area contributed by atoms with E-state index in [4.69, 9.17) is 0 Å². The molecule has 0 atom stereocenters. The van der Waals surface area contributed by atoms with Gasteiger partial charge in [-0.15, -0.1) is 0 Å². The van der Waals surface area contributed by atoms with Crippen molar-refractivity contribution in [3.05, 3.63) is 0 Å². The fraction of sp³-hybridized carbons (Fsp3) is 0.750. The number of rotatable bonds is 3. The first-order valence-corrected chi connectivity index (χ1v) is 4.43. The van der Waals surface area contributed by atoms with E-state index in [1.165, 1.54) is 5.01 Å². The van der Waals surface area contributed by atoms with Crippen molar-refractivity contribution in [2.75, 3.05) is 19.7 Å². The molecule has 0 aromatic rings.